The fourth-order valence-electron chi connectivity index (χ4n) is 3.14. The molecule has 0 aliphatic rings. The predicted molar refractivity (Wildman–Crippen MR) is 99.0 cm³/mol. The van der Waals surface area contributed by atoms with Gasteiger partial charge in [0.25, 0.3) is 0 Å². The molecular formula is C21H16N4O. The second-order valence-corrected chi connectivity index (χ2v) is 6.03. The number of aromatic nitrogens is 2. The first-order valence-corrected chi connectivity index (χ1v) is 8.31. The summed E-state index contributed by atoms with van der Waals surface area (Å²) in [7, 11) is 0. The van der Waals surface area contributed by atoms with Crippen LogP contribution >= 0.6 is 0 Å². The van der Waals surface area contributed by atoms with Crippen molar-refractivity contribution < 1.29 is 4.52 Å². The Morgan fingerprint density at radius 1 is 1.04 bits per heavy atom. The lowest BCUT2D eigenvalue weighted by Crippen LogP contribution is -2.16. The summed E-state index contributed by atoms with van der Waals surface area (Å²) in [5, 5.41) is 14.5. The fraction of sp³-hybridized carbons (Fsp3) is 0.0952. The average molecular weight is 340 g/mol. The van der Waals surface area contributed by atoms with E-state index in [1.807, 2.05) is 48.5 Å². The van der Waals surface area contributed by atoms with Crippen LogP contribution < -0.4 is 5.73 Å². The topological polar surface area (TPSA) is 88.7 Å². The van der Waals surface area contributed by atoms with Crippen molar-refractivity contribution in [2.45, 2.75) is 12.5 Å². The maximum atomic E-state index is 9.27. The van der Waals surface area contributed by atoms with Crippen LogP contribution in [0.25, 0.3) is 22.2 Å². The molecule has 2 N–H and O–H groups in total. The van der Waals surface area contributed by atoms with Gasteiger partial charge >= 0.3 is 0 Å². The van der Waals surface area contributed by atoms with Gasteiger partial charge in [-0.25, -0.2) is 0 Å². The lowest BCUT2D eigenvalue weighted by Gasteiger charge is -2.16. The van der Waals surface area contributed by atoms with Gasteiger partial charge in [0.1, 0.15) is 11.8 Å². The van der Waals surface area contributed by atoms with Crippen LogP contribution in [0.4, 0.5) is 0 Å². The summed E-state index contributed by atoms with van der Waals surface area (Å²) in [6.07, 6.45) is 2.15. The van der Waals surface area contributed by atoms with Crippen molar-refractivity contribution in [2.75, 3.05) is 0 Å². The molecule has 5 nitrogen and oxygen atoms in total. The Labute approximate surface area is 150 Å². The molecule has 0 fully saturated rings. The number of nitrogens with two attached hydrogens (primary N) is 1. The van der Waals surface area contributed by atoms with Gasteiger partial charge in [-0.05, 0) is 29.8 Å². The smallest absolute Gasteiger partial charge is 0.167 e. The molecule has 0 spiro atoms. The normalized spacial score (nSPS) is 12.0. The van der Waals surface area contributed by atoms with Gasteiger partial charge in [0.05, 0.1) is 11.3 Å². The minimum atomic E-state index is -0.316. The number of hydrogen-bond donors (Lipinski definition) is 1. The molecule has 0 saturated heterocycles. The lowest BCUT2D eigenvalue weighted by atomic mass is 9.93. The van der Waals surface area contributed by atoms with Gasteiger partial charge in [-0.3, -0.25) is 4.98 Å². The summed E-state index contributed by atoms with van der Waals surface area (Å²) in [5.74, 6) is 0. The fourth-order valence-corrected chi connectivity index (χ4v) is 3.14. The molecule has 26 heavy (non-hydrogen) atoms. The van der Waals surface area contributed by atoms with E-state index in [0.717, 1.165) is 27.8 Å². The van der Waals surface area contributed by atoms with Crippen LogP contribution in [-0.4, -0.2) is 10.1 Å². The van der Waals surface area contributed by atoms with E-state index in [2.05, 4.69) is 16.2 Å². The summed E-state index contributed by atoms with van der Waals surface area (Å²) >= 11 is 0. The molecule has 0 amide bonds. The number of hydrogen-bond acceptors (Lipinski definition) is 5. The first kappa shape index (κ1) is 16.0. The number of benzene rings is 2. The standard InChI is InChI=1S/C21H16N4O/c22-13-14-6-5-11-24-19(14)12-18(23)15-7-1-2-8-16(15)21-17-9-3-4-10-20(17)26-25-21/h1-11,18H,12,23H2. The molecule has 0 aliphatic heterocycles. The molecule has 126 valence electrons. The zero-order valence-corrected chi connectivity index (χ0v) is 14.0. The SMILES string of the molecule is N#Cc1cccnc1CC(N)c1ccccc1-c1noc2ccccc12. The summed E-state index contributed by atoms with van der Waals surface area (Å²) in [5.41, 5.74) is 11.1. The number of nitrogens with zero attached hydrogens (tertiary/aromatic N) is 3. The van der Waals surface area contributed by atoms with E-state index in [0.29, 0.717) is 17.7 Å². The van der Waals surface area contributed by atoms with E-state index in [1.165, 1.54) is 0 Å². The molecule has 5 heteroatoms. The highest BCUT2D eigenvalue weighted by Crippen LogP contribution is 2.33. The third-order valence-corrected chi connectivity index (χ3v) is 4.42. The van der Waals surface area contributed by atoms with Crippen LogP contribution in [0.3, 0.4) is 0 Å². The molecule has 4 rings (SSSR count). The molecule has 4 aromatic rings. The summed E-state index contributed by atoms with van der Waals surface area (Å²) < 4.78 is 5.45. The lowest BCUT2D eigenvalue weighted by molar-refractivity contribution is 0.459. The maximum absolute atomic E-state index is 9.27. The highest BCUT2D eigenvalue weighted by Gasteiger charge is 2.18. The second kappa shape index (κ2) is 6.79. The molecular weight excluding hydrogens is 324 g/mol. The van der Waals surface area contributed by atoms with Gasteiger partial charge in [-0.2, -0.15) is 5.26 Å². The van der Waals surface area contributed by atoms with Gasteiger partial charge in [0, 0.05) is 29.6 Å². The summed E-state index contributed by atoms with van der Waals surface area (Å²) in [4.78, 5) is 4.32. The third kappa shape index (κ3) is 2.83. The Kier molecular flexibility index (Phi) is 4.18. The monoisotopic (exact) mass is 340 g/mol. The van der Waals surface area contributed by atoms with Crippen molar-refractivity contribution in [3.63, 3.8) is 0 Å². The van der Waals surface area contributed by atoms with Crippen molar-refractivity contribution in [2.24, 2.45) is 5.73 Å². The number of fused-ring (bicyclic) bond motifs is 1. The first-order valence-electron chi connectivity index (χ1n) is 8.31. The Hall–Kier alpha value is -3.49. The van der Waals surface area contributed by atoms with Crippen LogP contribution in [0.2, 0.25) is 0 Å². The van der Waals surface area contributed by atoms with Crippen LogP contribution in [0.5, 0.6) is 0 Å². The zero-order valence-electron chi connectivity index (χ0n) is 14.0. The predicted octanol–water partition coefficient (Wildman–Crippen LogP) is 4.00. The highest BCUT2D eigenvalue weighted by atomic mass is 16.5. The largest absolute Gasteiger partial charge is 0.356 e. The van der Waals surface area contributed by atoms with Crippen molar-refractivity contribution in [3.05, 3.63) is 83.7 Å². The van der Waals surface area contributed by atoms with Gasteiger partial charge in [-0.15, -0.1) is 0 Å². The maximum Gasteiger partial charge on any atom is 0.167 e. The number of pyridine rings is 1. The Morgan fingerprint density at radius 2 is 1.85 bits per heavy atom. The summed E-state index contributed by atoms with van der Waals surface area (Å²) in [6.45, 7) is 0. The van der Waals surface area contributed by atoms with Crippen LogP contribution in [0.15, 0.2) is 71.4 Å². The van der Waals surface area contributed by atoms with E-state index in [4.69, 9.17) is 10.3 Å². The molecule has 0 bridgehead atoms. The zero-order chi connectivity index (χ0) is 17.9. The van der Waals surface area contributed by atoms with Gasteiger partial charge in [-0.1, -0.05) is 41.6 Å². The minimum absolute atomic E-state index is 0.316. The van der Waals surface area contributed by atoms with Gasteiger partial charge in [0.15, 0.2) is 5.58 Å². The molecule has 1 unspecified atom stereocenters. The van der Waals surface area contributed by atoms with Gasteiger partial charge in [0.2, 0.25) is 0 Å². The van der Waals surface area contributed by atoms with E-state index in [-0.39, 0.29) is 6.04 Å². The minimum Gasteiger partial charge on any atom is -0.356 e. The van der Waals surface area contributed by atoms with Crippen molar-refractivity contribution >= 4 is 11.0 Å². The number of rotatable bonds is 4. The van der Waals surface area contributed by atoms with Crippen LogP contribution in [-0.2, 0) is 6.42 Å². The first-order chi connectivity index (χ1) is 12.8. The van der Waals surface area contributed by atoms with Crippen molar-refractivity contribution in [3.8, 4) is 17.3 Å². The van der Waals surface area contributed by atoms with Gasteiger partial charge < -0.3 is 10.3 Å². The molecule has 0 aliphatic carbocycles. The molecule has 0 saturated carbocycles. The third-order valence-electron chi connectivity index (χ3n) is 4.42. The second-order valence-electron chi connectivity index (χ2n) is 6.03. The number of para-hydroxylation sites is 1. The van der Waals surface area contributed by atoms with Crippen molar-refractivity contribution in [1.82, 2.24) is 10.1 Å². The molecule has 2 aromatic heterocycles. The molecule has 1 atom stereocenters. The van der Waals surface area contributed by atoms with Crippen LogP contribution in [0, 0.1) is 11.3 Å². The quantitative estimate of drug-likeness (QED) is 0.606. The van der Waals surface area contributed by atoms with E-state index in [1.54, 1.807) is 18.3 Å². The van der Waals surface area contributed by atoms with E-state index >= 15 is 0 Å². The average Bonchev–Trinajstić information content (AvgIpc) is 3.12. The summed E-state index contributed by atoms with van der Waals surface area (Å²) in [6, 6.07) is 21.0. The van der Waals surface area contributed by atoms with Crippen LogP contribution in [0.1, 0.15) is 22.9 Å². The molecule has 2 heterocycles. The van der Waals surface area contributed by atoms with E-state index < -0.39 is 0 Å². The number of nitriles is 1. The Bertz CT molecular complexity index is 1110. The van der Waals surface area contributed by atoms with E-state index in [9.17, 15) is 5.26 Å². The highest BCUT2D eigenvalue weighted by molar-refractivity contribution is 5.92. The van der Waals surface area contributed by atoms with Crippen molar-refractivity contribution in [1.29, 1.82) is 5.26 Å². The Morgan fingerprint density at radius 3 is 2.73 bits per heavy atom. The Balaban J connectivity index is 1.75. The molecule has 2 aromatic carbocycles. The molecule has 0 radical (unpaired) electrons.